The van der Waals surface area contributed by atoms with Crippen molar-refractivity contribution in [1.82, 2.24) is 9.21 Å². The number of halogens is 1. The Labute approximate surface area is 253 Å². The SMILES string of the molecule is Cc1ccc(N(CC(=O)Nc2ccc(S(=O)(=O)N3CCC(N4CCCC4)CC3)cc2)S(=O)(=O)c2ccc(Cl)cc2)cc1. The number of likely N-dealkylation sites (tertiary alicyclic amines) is 1. The minimum absolute atomic E-state index is 0.000650. The minimum Gasteiger partial charge on any atom is -0.325 e. The molecule has 0 atom stereocenters. The molecule has 0 aromatic heterocycles. The van der Waals surface area contributed by atoms with Crippen LogP contribution in [0.15, 0.2) is 82.6 Å². The number of carbonyl (C=O) groups is 1. The largest absolute Gasteiger partial charge is 0.325 e. The van der Waals surface area contributed by atoms with Gasteiger partial charge in [-0.15, -0.1) is 0 Å². The van der Waals surface area contributed by atoms with E-state index in [1.54, 1.807) is 24.3 Å². The van der Waals surface area contributed by atoms with Crippen LogP contribution in [0.3, 0.4) is 0 Å². The Balaban J connectivity index is 1.27. The summed E-state index contributed by atoms with van der Waals surface area (Å²) in [4.78, 5) is 15.7. The Morgan fingerprint density at radius 1 is 0.833 bits per heavy atom. The van der Waals surface area contributed by atoms with Crippen molar-refractivity contribution < 1.29 is 21.6 Å². The fourth-order valence-electron chi connectivity index (χ4n) is 5.50. The Morgan fingerprint density at radius 2 is 1.40 bits per heavy atom. The number of nitrogens with one attached hydrogen (secondary N) is 1. The number of benzene rings is 3. The van der Waals surface area contributed by atoms with E-state index in [9.17, 15) is 21.6 Å². The molecule has 0 unspecified atom stereocenters. The van der Waals surface area contributed by atoms with Gasteiger partial charge in [-0.25, -0.2) is 16.8 Å². The van der Waals surface area contributed by atoms with E-state index < -0.39 is 32.5 Å². The van der Waals surface area contributed by atoms with E-state index in [1.165, 1.54) is 65.7 Å². The van der Waals surface area contributed by atoms with E-state index in [-0.39, 0.29) is 9.79 Å². The Hall–Kier alpha value is -2.96. The lowest BCUT2D eigenvalue weighted by molar-refractivity contribution is -0.114. The molecule has 0 spiro atoms. The second kappa shape index (κ2) is 12.7. The van der Waals surface area contributed by atoms with Gasteiger partial charge in [-0.05, 0) is 106 Å². The van der Waals surface area contributed by atoms with Gasteiger partial charge in [0.25, 0.3) is 10.0 Å². The maximum atomic E-state index is 13.5. The number of aryl methyl sites for hydroxylation is 1. The van der Waals surface area contributed by atoms with E-state index in [0.717, 1.165) is 35.8 Å². The van der Waals surface area contributed by atoms with Crippen LogP contribution in [0, 0.1) is 6.92 Å². The molecule has 0 saturated carbocycles. The third kappa shape index (κ3) is 6.81. The van der Waals surface area contributed by atoms with Crippen molar-refractivity contribution in [3.8, 4) is 0 Å². The molecule has 0 bridgehead atoms. The van der Waals surface area contributed by atoms with Crippen molar-refractivity contribution in [3.05, 3.63) is 83.4 Å². The van der Waals surface area contributed by atoms with Gasteiger partial charge in [-0.3, -0.25) is 9.10 Å². The molecule has 1 N–H and O–H groups in total. The van der Waals surface area contributed by atoms with Crippen molar-refractivity contribution in [2.75, 3.05) is 42.3 Å². The third-order valence-electron chi connectivity index (χ3n) is 7.87. The van der Waals surface area contributed by atoms with Crippen LogP contribution >= 0.6 is 11.6 Å². The molecule has 0 aliphatic carbocycles. The molecule has 2 saturated heterocycles. The van der Waals surface area contributed by atoms with E-state index in [0.29, 0.717) is 35.5 Å². The number of sulfonamides is 2. The highest BCUT2D eigenvalue weighted by Crippen LogP contribution is 2.27. The summed E-state index contributed by atoms with van der Waals surface area (Å²) < 4.78 is 56.2. The number of hydrogen-bond donors (Lipinski definition) is 1. The monoisotopic (exact) mass is 630 g/mol. The van der Waals surface area contributed by atoms with Crippen LogP contribution in [0.2, 0.25) is 5.02 Å². The number of carbonyl (C=O) groups excluding carboxylic acids is 1. The molecule has 2 aliphatic rings. The number of rotatable bonds is 9. The summed E-state index contributed by atoms with van der Waals surface area (Å²) >= 11 is 5.95. The highest BCUT2D eigenvalue weighted by Gasteiger charge is 2.32. The molecule has 2 aliphatic heterocycles. The van der Waals surface area contributed by atoms with Crippen LogP contribution in [0.4, 0.5) is 11.4 Å². The summed E-state index contributed by atoms with van der Waals surface area (Å²) in [5.74, 6) is -0.576. The Morgan fingerprint density at radius 3 is 2.00 bits per heavy atom. The van der Waals surface area contributed by atoms with Crippen LogP contribution < -0.4 is 9.62 Å². The van der Waals surface area contributed by atoms with Gasteiger partial charge in [0.1, 0.15) is 6.54 Å². The average Bonchev–Trinajstić information content (AvgIpc) is 3.52. The quantitative estimate of drug-likeness (QED) is 0.366. The van der Waals surface area contributed by atoms with Crippen LogP contribution in [0.25, 0.3) is 0 Å². The molecule has 42 heavy (non-hydrogen) atoms. The molecule has 0 radical (unpaired) electrons. The molecule has 224 valence electrons. The van der Waals surface area contributed by atoms with Gasteiger partial charge in [-0.2, -0.15) is 4.31 Å². The highest BCUT2D eigenvalue weighted by molar-refractivity contribution is 7.92. The molecule has 3 aromatic carbocycles. The van der Waals surface area contributed by atoms with Crippen LogP contribution in [-0.2, 0) is 24.8 Å². The van der Waals surface area contributed by atoms with Gasteiger partial charge in [0.05, 0.1) is 15.5 Å². The summed E-state index contributed by atoms with van der Waals surface area (Å²) in [5, 5.41) is 3.10. The van der Waals surface area contributed by atoms with Crippen molar-refractivity contribution >= 4 is 48.9 Å². The van der Waals surface area contributed by atoms with Crippen LogP contribution in [-0.4, -0.2) is 70.7 Å². The van der Waals surface area contributed by atoms with E-state index in [2.05, 4.69) is 10.2 Å². The van der Waals surface area contributed by atoms with Crippen molar-refractivity contribution in [1.29, 1.82) is 0 Å². The fourth-order valence-corrected chi connectivity index (χ4v) is 8.52. The molecule has 9 nitrogen and oxygen atoms in total. The summed E-state index contributed by atoms with van der Waals surface area (Å²) in [6.45, 7) is 4.56. The average molecular weight is 631 g/mol. The Bertz CT molecular complexity index is 1600. The van der Waals surface area contributed by atoms with Gasteiger partial charge < -0.3 is 10.2 Å². The lowest BCUT2D eigenvalue weighted by Gasteiger charge is -2.36. The van der Waals surface area contributed by atoms with Crippen LogP contribution in [0.1, 0.15) is 31.2 Å². The standard InChI is InChI=1S/C30H35ClN4O5S2/c1-23-4-10-27(11-5-23)35(42(39,40)29-12-6-24(31)7-13-29)22-30(36)32-25-8-14-28(15-9-25)41(37,38)34-20-16-26(17-21-34)33-18-2-3-19-33/h4-15,26H,2-3,16-22H2,1H3,(H,32,36). The summed E-state index contributed by atoms with van der Waals surface area (Å²) in [5.41, 5.74) is 1.64. The first-order chi connectivity index (χ1) is 20.0. The Kier molecular flexibility index (Phi) is 9.24. The second-order valence-corrected chi connectivity index (χ2v) is 15.0. The number of nitrogens with zero attached hydrogens (tertiary/aromatic N) is 3. The lowest BCUT2D eigenvalue weighted by Crippen LogP contribution is -2.45. The van der Waals surface area contributed by atoms with Gasteiger partial charge in [0, 0.05) is 29.8 Å². The third-order valence-corrected chi connectivity index (χ3v) is 11.8. The number of piperidine rings is 1. The number of anilines is 2. The number of hydrogen-bond acceptors (Lipinski definition) is 6. The molecular weight excluding hydrogens is 596 g/mol. The molecule has 5 rings (SSSR count). The van der Waals surface area contributed by atoms with Crippen molar-refractivity contribution in [3.63, 3.8) is 0 Å². The molecule has 1 amide bonds. The lowest BCUT2D eigenvalue weighted by atomic mass is 10.1. The zero-order valence-electron chi connectivity index (χ0n) is 23.4. The maximum absolute atomic E-state index is 13.5. The first-order valence-corrected chi connectivity index (χ1v) is 17.3. The summed E-state index contributed by atoms with van der Waals surface area (Å²) in [6, 6.07) is 19.0. The van der Waals surface area contributed by atoms with Gasteiger partial charge in [-0.1, -0.05) is 29.3 Å². The topological polar surface area (TPSA) is 107 Å². The molecule has 2 fully saturated rings. The summed E-state index contributed by atoms with van der Waals surface area (Å²) in [6.07, 6.45) is 4.07. The minimum atomic E-state index is -4.09. The van der Waals surface area contributed by atoms with Crippen molar-refractivity contribution in [2.24, 2.45) is 0 Å². The highest BCUT2D eigenvalue weighted by atomic mass is 35.5. The van der Waals surface area contributed by atoms with Gasteiger partial charge >= 0.3 is 0 Å². The summed E-state index contributed by atoms with van der Waals surface area (Å²) in [7, 11) is -7.75. The number of amides is 1. The zero-order valence-corrected chi connectivity index (χ0v) is 25.8. The molecule has 2 heterocycles. The first kappa shape index (κ1) is 30.5. The van der Waals surface area contributed by atoms with E-state index in [4.69, 9.17) is 11.6 Å². The normalized spacial score (nSPS) is 17.3. The van der Waals surface area contributed by atoms with Gasteiger partial charge in [0.15, 0.2) is 0 Å². The van der Waals surface area contributed by atoms with E-state index in [1.807, 2.05) is 6.92 Å². The smallest absolute Gasteiger partial charge is 0.264 e. The molecular formula is C30H35ClN4O5S2. The van der Waals surface area contributed by atoms with Crippen LogP contribution in [0.5, 0.6) is 0 Å². The fraction of sp³-hybridized carbons (Fsp3) is 0.367. The predicted octanol–water partition coefficient (Wildman–Crippen LogP) is 4.73. The second-order valence-electron chi connectivity index (χ2n) is 10.8. The first-order valence-electron chi connectivity index (χ1n) is 14.0. The molecule has 12 heteroatoms. The van der Waals surface area contributed by atoms with E-state index >= 15 is 0 Å². The van der Waals surface area contributed by atoms with Crippen molar-refractivity contribution in [2.45, 2.75) is 48.4 Å². The molecule has 3 aromatic rings. The van der Waals surface area contributed by atoms with Gasteiger partial charge in [0.2, 0.25) is 15.9 Å². The maximum Gasteiger partial charge on any atom is 0.264 e. The predicted molar refractivity (Wildman–Crippen MR) is 165 cm³/mol. The zero-order chi connectivity index (χ0) is 29.9.